The molecule has 18 rings (SSSR count). The number of hydrogen-bond acceptors (Lipinski definition) is 12. The molecule has 99 heavy (non-hydrogen) atoms. The zero-order valence-corrected chi connectivity index (χ0v) is 64.4. The van der Waals surface area contributed by atoms with Crippen molar-refractivity contribution in [2.45, 2.75) is 350 Å². The number of allylic oxidation sites excluding steroid dienone is 6. The molecule has 12 saturated carbocycles. The van der Waals surface area contributed by atoms with E-state index in [-0.39, 0.29) is 104 Å². The molecular formula is C87H126O12. The van der Waals surface area contributed by atoms with Crippen LogP contribution >= 0.6 is 0 Å². The Morgan fingerprint density at radius 3 is 0.869 bits per heavy atom. The van der Waals surface area contributed by atoms with Gasteiger partial charge in [-0.05, 0) is 265 Å². The fourth-order valence-electron chi connectivity index (χ4n) is 31.8. The number of carbonyl (C=O) groups is 6. The Kier molecular flexibility index (Phi) is 15.4. The van der Waals surface area contributed by atoms with E-state index in [9.17, 15) is 28.8 Å². The molecule has 6 saturated heterocycles. The van der Waals surface area contributed by atoms with Crippen LogP contribution in [0.25, 0.3) is 0 Å². The van der Waals surface area contributed by atoms with E-state index in [2.05, 4.69) is 143 Å². The lowest BCUT2D eigenvalue weighted by atomic mass is 9.38. The van der Waals surface area contributed by atoms with Gasteiger partial charge in [0.1, 0.15) is 33.6 Å². The van der Waals surface area contributed by atoms with Crippen LogP contribution in [0.3, 0.4) is 0 Å². The summed E-state index contributed by atoms with van der Waals surface area (Å²) in [6.45, 7) is 40.8. The first kappa shape index (κ1) is 69.9. The highest BCUT2D eigenvalue weighted by Gasteiger charge is 3.01. The third-order valence-corrected chi connectivity index (χ3v) is 36.8. The van der Waals surface area contributed by atoms with Crippen LogP contribution in [-0.2, 0) is 57.2 Å². The molecule has 18 aliphatic rings. The van der Waals surface area contributed by atoms with E-state index in [1.165, 1.54) is 36.0 Å². The summed E-state index contributed by atoms with van der Waals surface area (Å²) in [5.74, 6) is 5.48. The summed E-state index contributed by atoms with van der Waals surface area (Å²) in [6.07, 6.45) is 33.1. The fraction of sp³-hybridized carbons (Fsp3) is 0.862. The molecule has 12 aliphatic carbocycles. The molecule has 12 nitrogen and oxygen atoms in total. The fourth-order valence-corrected chi connectivity index (χ4v) is 31.8. The van der Waals surface area contributed by atoms with Crippen LogP contribution in [0.5, 0.6) is 0 Å². The molecule has 0 radical (unpaired) electrons. The van der Waals surface area contributed by atoms with Gasteiger partial charge in [-0.3, -0.25) is 28.8 Å². The number of hydrogen-bond donors (Lipinski definition) is 0. The molecule has 6 spiro atoms. The van der Waals surface area contributed by atoms with Gasteiger partial charge >= 0.3 is 17.9 Å². The maximum atomic E-state index is 14.1. The normalized spacial score (nSPS) is 54.5. The zero-order valence-electron chi connectivity index (χ0n) is 64.4. The molecule has 0 aromatic heterocycles. The van der Waals surface area contributed by atoms with Gasteiger partial charge in [-0.25, -0.2) is 0 Å². The smallest absolute Gasteiger partial charge is 0.316 e. The van der Waals surface area contributed by atoms with Crippen LogP contribution in [-0.4, -0.2) is 87.2 Å². The lowest BCUT2D eigenvalue weighted by molar-refractivity contribution is -0.205. The minimum absolute atomic E-state index is 0.0373. The van der Waals surface area contributed by atoms with Crippen molar-refractivity contribution in [3.63, 3.8) is 0 Å². The van der Waals surface area contributed by atoms with Crippen molar-refractivity contribution in [2.75, 3.05) is 0 Å². The topological polar surface area (TPSA) is 168 Å². The largest absolute Gasteiger partial charge is 0.455 e. The first-order valence-electron chi connectivity index (χ1n) is 40.7. The Bertz CT molecular complexity index is 3210. The van der Waals surface area contributed by atoms with Crippen molar-refractivity contribution >= 4 is 35.3 Å². The van der Waals surface area contributed by atoms with E-state index in [4.69, 9.17) is 28.4 Å². The van der Waals surface area contributed by atoms with Crippen molar-refractivity contribution < 1.29 is 57.2 Å². The molecule has 0 unspecified atom stereocenters. The third kappa shape index (κ3) is 7.73. The number of ketones is 3. The van der Waals surface area contributed by atoms with Crippen molar-refractivity contribution in [3.8, 4) is 0 Å². The summed E-state index contributed by atoms with van der Waals surface area (Å²) in [4.78, 5) is 80.3. The summed E-state index contributed by atoms with van der Waals surface area (Å²) in [7, 11) is 0. The molecule has 30 atom stereocenters. The summed E-state index contributed by atoms with van der Waals surface area (Å²) in [5.41, 5.74) is -1.04. The van der Waals surface area contributed by atoms with Crippen molar-refractivity contribution in [3.05, 3.63) is 34.9 Å². The van der Waals surface area contributed by atoms with Crippen LogP contribution in [0.4, 0.5) is 0 Å². The van der Waals surface area contributed by atoms with Gasteiger partial charge in [0.2, 0.25) is 0 Å². The van der Waals surface area contributed by atoms with Crippen LogP contribution in [0.1, 0.15) is 298 Å². The maximum Gasteiger partial charge on any atom is 0.316 e. The molecule has 0 N–H and O–H groups in total. The Labute approximate surface area is 594 Å². The summed E-state index contributed by atoms with van der Waals surface area (Å²) in [6, 6.07) is 0. The van der Waals surface area contributed by atoms with E-state index in [1.807, 2.05) is 0 Å². The van der Waals surface area contributed by atoms with Gasteiger partial charge in [-0.15, -0.1) is 0 Å². The predicted molar refractivity (Wildman–Crippen MR) is 379 cm³/mol. The third-order valence-electron chi connectivity index (χ3n) is 36.8. The van der Waals surface area contributed by atoms with Gasteiger partial charge in [0.25, 0.3) is 0 Å². The van der Waals surface area contributed by atoms with Crippen molar-refractivity contribution in [1.82, 2.24) is 0 Å². The minimum atomic E-state index is -0.542. The number of fused-ring (bicyclic) bond motifs is 3. The highest BCUT2D eigenvalue weighted by atomic mass is 16.7. The van der Waals surface area contributed by atoms with Gasteiger partial charge in [0.15, 0.2) is 33.6 Å². The molecule has 0 aromatic carbocycles. The van der Waals surface area contributed by atoms with Gasteiger partial charge in [0.05, 0.1) is 18.3 Å². The molecule has 6 heterocycles. The lowest BCUT2D eigenvalue weighted by Gasteiger charge is -2.62. The molecule has 6 bridgehead atoms. The summed E-state index contributed by atoms with van der Waals surface area (Å²) in [5, 5.41) is 0. The summed E-state index contributed by atoms with van der Waals surface area (Å²) >= 11 is 0. The second-order valence-electron chi connectivity index (χ2n) is 40.1. The summed E-state index contributed by atoms with van der Waals surface area (Å²) < 4.78 is 40.5. The quantitative estimate of drug-likeness (QED) is 0.0786. The van der Waals surface area contributed by atoms with E-state index < -0.39 is 49.9 Å². The SMILES string of the molecule is CC(C)=CCC[C@@H](C)[C@H]1CC[C@]23C(=O)O[C@]4(CC[C@]12C)[C@]31O[C@H]1C[C@H]1[C@H](C)C(=O)CC[C@@]14C.CC(C)=CCC[C@@H](C)[C@H]1CC[C@]23C(=O)O[C@]4(CC[C@]12C)[C@]31O[C@H]1C[C@H]1[C@H](C)C(=O)CC[C@@]14C.CC(C)=CCC[C@@H](C)[C@H]1CC[C@]23C(=O)O[C@]4(CC[C@]12C)[C@]31O[C@H]1C[C@H]1[C@H](C)C(=O)CC[C@@]14C. The average Bonchev–Trinajstić information content (AvgIpc) is 1.45. The molecule has 6 aliphatic heterocycles. The average molecular weight is 1360 g/mol. The Hall–Kier alpha value is -3.48. The van der Waals surface area contributed by atoms with E-state index in [0.717, 1.165) is 135 Å². The second-order valence-corrected chi connectivity index (χ2v) is 40.1. The molecule has 18 fully saturated rings. The van der Waals surface area contributed by atoms with Gasteiger partial charge in [-0.1, -0.05) is 118 Å². The minimum Gasteiger partial charge on any atom is -0.455 e. The molecule has 12 heteroatoms. The predicted octanol–water partition coefficient (Wildman–Crippen LogP) is 18.1. The van der Waals surface area contributed by atoms with Crippen LogP contribution in [0.2, 0.25) is 0 Å². The highest BCUT2D eigenvalue weighted by molar-refractivity contribution is 5.90. The van der Waals surface area contributed by atoms with Crippen molar-refractivity contribution in [1.29, 1.82) is 0 Å². The van der Waals surface area contributed by atoms with E-state index in [0.29, 0.717) is 72.1 Å². The first-order chi connectivity index (χ1) is 46.5. The monoisotopic (exact) mass is 1360 g/mol. The first-order valence-corrected chi connectivity index (χ1v) is 40.7. The van der Waals surface area contributed by atoms with Crippen LogP contribution in [0.15, 0.2) is 34.9 Å². The zero-order chi connectivity index (χ0) is 70.8. The van der Waals surface area contributed by atoms with E-state index >= 15 is 0 Å². The van der Waals surface area contributed by atoms with Crippen molar-refractivity contribution in [2.24, 2.45) is 120 Å². The number of esters is 3. The van der Waals surface area contributed by atoms with Crippen LogP contribution < -0.4 is 0 Å². The number of Topliss-reactive ketones (excluding diaryl/α,β-unsaturated/α-hetero) is 3. The van der Waals surface area contributed by atoms with Gasteiger partial charge in [-0.2, -0.15) is 0 Å². The van der Waals surface area contributed by atoms with E-state index in [1.54, 1.807) is 0 Å². The molecule has 0 aromatic rings. The Morgan fingerprint density at radius 1 is 0.374 bits per heavy atom. The number of rotatable bonds is 12. The Balaban J connectivity index is 0.000000116. The lowest BCUT2D eigenvalue weighted by Crippen LogP contribution is -2.71. The number of epoxide rings is 3. The van der Waals surface area contributed by atoms with Gasteiger partial charge < -0.3 is 28.4 Å². The maximum absolute atomic E-state index is 14.1. The molecule has 546 valence electrons. The number of carbonyl (C=O) groups excluding carboxylic acids is 6. The Morgan fingerprint density at radius 2 is 0.626 bits per heavy atom. The molecular weight excluding hydrogens is 1240 g/mol. The number of ether oxygens (including phenoxy) is 6. The second kappa shape index (κ2) is 21.8. The highest BCUT2D eigenvalue weighted by Crippen LogP contribution is 2.90. The standard InChI is InChI=1S/3C29H42O4/c3*1-17(2)8-7-9-18(3)20-10-13-27-24(31)33-28(15-14-25(20,27)5)26(6)12-11-22(30)19(4)21(26)16-23-29(27,28)32-23/h3*8,18-21,23H,7,9-16H2,1-6H3/t3*18-,19+,20-,21+,23+,25-,26+,27+,28+,29-/m111/s1. The molecule has 0 amide bonds. The van der Waals surface area contributed by atoms with Gasteiger partial charge in [0, 0.05) is 53.3 Å². The van der Waals surface area contributed by atoms with Crippen LogP contribution in [0, 0.1) is 120 Å².